The van der Waals surface area contributed by atoms with E-state index in [0.29, 0.717) is 56.2 Å². The van der Waals surface area contributed by atoms with E-state index in [1.165, 1.54) is 15.6 Å². The van der Waals surface area contributed by atoms with Crippen LogP contribution in [0.1, 0.15) is 31.5 Å². The van der Waals surface area contributed by atoms with Gasteiger partial charge in [-0.25, -0.2) is 18.2 Å². The number of sulfonamides is 1. The summed E-state index contributed by atoms with van der Waals surface area (Å²) in [6.07, 6.45) is 0.158. The van der Waals surface area contributed by atoms with Crippen LogP contribution in [0.2, 0.25) is 0 Å². The lowest BCUT2D eigenvalue weighted by Crippen LogP contribution is -2.49. The van der Waals surface area contributed by atoms with Crippen LogP contribution in [0, 0.1) is 11.3 Å². The number of amides is 1. The van der Waals surface area contributed by atoms with Crippen molar-refractivity contribution in [3.05, 3.63) is 40.3 Å². The Kier molecular flexibility index (Phi) is 7.93. The first kappa shape index (κ1) is 23.8. The van der Waals surface area contributed by atoms with E-state index in [4.69, 9.17) is 4.74 Å². The first-order valence-electron chi connectivity index (χ1n) is 10.5. The average molecular weight is 478 g/mol. The second-order valence-electron chi connectivity index (χ2n) is 7.29. The van der Waals surface area contributed by atoms with Gasteiger partial charge in [-0.2, -0.15) is 5.26 Å². The van der Waals surface area contributed by atoms with Gasteiger partial charge >= 0.3 is 6.09 Å². The van der Waals surface area contributed by atoms with Crippen molar-refractivity contribution in [1.29, 1.82) is 5.26 Å². The number of benzene rings is 1. The van der Waals surface area contributed by atoms with Crippen molar-refractivity contribution in [2.45, 2.75) is 26.8 Å². The van der Waals surface area contributed by atoms with Crippen molar-refractivity contribution >= 4 is 38.8 Å². The van der Waals surface area contributed by atoms with E-state index in [1.54, 1.807) is 35.5 Å². The third-order valence-electron chi connectivity index (χ3n) is 5.12. The highest BCUT2D eigenvalue weighted by Crippen LogP contribution is 2.29. The number of hydrogen-bond acceptors (Lipinski definition) is 8. The normalized spacial score (nSPS) is 14.2. The molecule has 9 nitrogen and oxygen atoms in total. The standard InChI is InChI=1S/C21H27N5O4S2/c1-3-11-32(28,29)26(14-18-15-31-16-23-18)19-5-6-20(17(12-19)13-22)24-7-9-25(10-8-24)21(27)30-4-2/h5-6,12,15-16H,3-4,7-11,14H2,1-2H3. The lowest BCUT2D eigenvalue weighted by atomic mass is 10.1. The van der Waals surface area contributed by atoms with Crippen molar-refractivity contribution in [2.24, 2.45) is 0 Å². The molecule has 0 radical (unpaired) electrons. The summed E-state index contributed by atoms with van der Waals surface area (Å²) < 4.78 is 32.3. The third-order valence-corrected chi connectivity index (χ3v) is 7.69. The molecule has 0 N–H and O–H groups in total. The number of nitrogens with zero attached hydrogens (tertiary/aromatic N) is 5. The Bertz CT molecular complexity index is 1060. The fourth-order valence-electron chi connectivity index (χ4n) is 3.57. The van der Waals surface area contributed by atoms with Crippen LogP contribution in [0.15, 0.2) is 29.1 Å². The van der Waals surface area contributed by atoms with Crippen LogP contribution in [-0.4, -0.2) is 62.9 Å². The van der Waals surface area contributed by atoms with Crippen molar-refractivity contribution in [2.75, 3.05) is 47.7 Å². The summed E-state index contributed by atoms with van der Waals surface area (Å²) in [7, 11) is -3.57. The Morgan fingerprint density at radius 3 is 2.62 bits per heavy atom. The van der Waals surface area contributed by atoms with Crippen LogP contribution >= 0.6 is 11.3 Å². The van der Waals surface area contributed by atoms with Crippen molar-refractivity contribution in [3.63, 3.8) is 0 Å². The molecule has 3 rings (SSSR count). The zero-order valence-electron chi connectivity index (χ0n) is 18.2. The Morgan fingerprint density at radius 2 is 2.03 bits per heavy atom. The smallest absolute Gasteiger partial charge is 0.409 e. The largest absolute Gasteiger partial charge is 0.450 e. The molecule has 11 heteroatoms. The van der Waals surface area contributed by atoms with Gasteiger partial charge in [-0.1, -0.05) is 6.92 Å². The molecule has 0 saturated carbocycles. The van der Waals surface area contributed by atoms with E-state index < -0.39 is 10.0 Å². The molecule has 2 heterocycles. The molecule has 0 aliphatic carbocycles. The van der Waals surface area contributed by atoms with E-state index in [9.17, 15) is 18.5 Å². The van der Waals surface area contributed by atoms with Crippen LogP contribution in [-0.2, 0) is 21.3 Å². The highest BCUT2D eigenvalue weighted by molar-refractivity contribution is 7.92. The summed E-state index contributed by atoms with van der Waals surface area (Å²) in [5, 5.41) is 11.6. The summed E-state index contributed by atoms with van der Waals surface area (Å²) in [5.41, 5.74) is 3.88. The number of ether oxygens (including phenoxy) is 1. The van der Waals surface area contributed by atoms with Gasteiger partial charge in [0.1, 0.15) is 6.07 Å². The second kappa shape index (κ2) is 10.7. The molecular formula is C21H27N5O4S2. The molecule has 1 aliphatic rings. The minimum atomic E-state index is -3.57. The molecular weight excluding hydrogens is 450 g/mol. The molecule has 32 heavy (non-hydrogen) atoms. The Morgan fingerprint density at radius 1 is 1.28 bits per heavy atom. The molecule has 1 aromatic heterocycles. The molecule has 0 spiro atoms. The van der Waals surface area contributed by atoms with Crippen LogP contribution in [0.25, 0.3) is 0 Å². The summed E-state index contributed by atoms with van der Waals surface area (Å²) >= 11 is 1.41. The van der Waals surface area contributed by atoms with Gasteiger partial charge in [0.15, 0.2) is 0 Å². The Labute approximate surface area is 192 Å². The summed E-state index contributed by atoms with van der Waals surface area (Å²) in [5.74, 6) is 0.0105. The van der Waals surface area contributed by atoms with Crippen LogP contribution in [0.4, 0.5) is 16.2 Å². The molecule has 2 aromatic rings. The van der Waals surface area contributed by atoms with Crippen LogP contribution in [0.3, 0.4) is 0 Å². The average Bonchev–Trinajstić information content (AvgIpc) is 3.30. The number of aromatic nitrogens is 1. The van der Waals surface area contributed by atoms with Gasteiger partial charge in [0, 0.05) is 31.6 Å². The van der Waals surface area contributed by atoms with Crippen molar-refractivity contribution in [3.8, 4) is 6.07 Å². The first-order valence-corrected chi connectivity index (χ1v) is 13.0. The summed E-state index contributed by atoms with van der Waals surface area (Å²) in [6.45, 7) is 6.14. The van der Waals surface area contributed by atoms with Gasteiger partial charge in [-0.05, 0) is 31.5 Å². The molecule has 1 aromatic carbocycles. The molecule has 0 unspecified atom stereocenters. The molecule has 1 fully saturated rings. The number of carbonyl (C=O) groups excluding carboxylic acids is 1. The van der Waals surface area contributed by atoms with E-state index in [2.05, 4.69) is 11.1 Å². The number of nitriles is 1. The lowest BCUT2D eigenvalue weighted by molar-refractivity contribution is 0.105. The quantitative estimate of drug-likeness (QED) is 0.575. The van der Waals surface area contributed by atoms with Gasteiger partial charge in [0.05, 0.1) is 47.0 Å². The van der Waals surface area contributed by atoms with Crippen LogP contribution in [0.5, 0.6) is 0 Å². The predicted octanol–water partition coefficient (Wildman–Crippen LogP) is 3.04. The maximum absolute atomic E-state index is 13.0. The van der Waals surface area contributed by atoms with Gasteiger partial charge in [0.25, 0.3) is 0 Å². The fourth-order valence-corrected chi connectivity index (χ4v) is 5.62. The topological polar surface area (TPSA) is 107 Å². The molecule has 1 saturated heterocycles. The third kappa shape index (κ3) is 5.49. The number of hydrogen-bond donors (Lipinski definition) is 0. The molecule has 0 bridgehead atoms. The number of carbonyl (C=O) groups is 1. The first-order chi connectivity index (χ1) is 15.4. The zero-order chi connectivity index (χ0) is 23.1. The fraction of sp³-hybridized carbons (Fsp3) is 0.476. The summed E-state index contributed by atoms with van der Waals surface area (Å²) in [4.78, 5) is 19.8. The molecule has 172 valence electrons. The number of rotatable bonds is 8. The van der Waals surface area contributed by atoms with Gasteiger partial charge < -0.3 is 14.5 Å². The molecule has 1 amide bonds. The zero-order valence-corrected chi connectivity index (χ0v) is 19.9. The van der Waals surface area contributed by atoms with E-state index in [1.807, 2.05) is 17.2 Å². The molecule has 0 atom stereocenters. The Hall–Kier alpha value is -2.84. The van der Waals surface area contributed by atoms with Crippen molar-refractivity contribution < 1.29 is 17.9 Å². The number of anilines is 2. The predicted molar refractivity (Wildman–Crippen MR) is 124 cm³/mol. The van der Waals surface area contributed by atoms with Gasteiger partial charge in [0.2, 0.25) is 10.0 Å². The highest BCUT2D eigenvalue weighted by atomic mass is 32.2. The van der Waals surface area contributed by atoms with E-state index in [-0.39, 0.29) is 18.4 Å². The monoisotopic (exact) mass is 477 g/mol. The maximum Gasteiger partial charge on any atom is 0.409 e. The summed E-state index contributed by atoms with van der Waals surface area (Å²) in [6, 6.07) is 7.33. The highest BCUT2D eigenvalue weighted by Gasteiger charge is 2.26. The minimum Gasteiger partial charge on any atom is -0.450 e. The number of piperazine rings is 1. The number of thiazole rings is 1. The maximum atomic E-state index is 13.0. The van der Waals surface area contributed by atoms with E-state index in [0.717, 1.165) is 5.69 Å². The van der Waals surface area contributed by atoms with E-state index >= 15 is 0 Å². The SMILES string of the molecule is CCCS(=O)(=O)N(Cc1cscn1)c1ccc(N2CCN(C(=O)OCC)CC2)c(C#N)c1. The Balaban J connectivity index is 1.84. The lowest BCUT2D eigenvalue weighted by Gasteiger charge is -2.36. The van der Waals surface area contributed by atoms with Crippen LogP contribution < -0.4 is 9.21 Å². The van der Waals surface area contributed by atoms with Crippen molar-refractivity contribution in [1.82, 2.24) is 9.88 Å². The molecule has 1 aliphatic heterocycles. The second-order valence-corrected chi connectivity index (χ2v) is 10.0. The minimum absolute atomic E-state index is 0.0105. The van der Waals surface area contributed by atoms with Gasteiger partial charge in [-0.3, -0.25) is 4.31 Å². The van der Waals surface area contributed by atoms with Gasteiger partial charge in [-0.15, -0.1) is 11.3 Å².